The number of carboxylic acids is 1. The van der Waals surface area contributed by atoms with E-state index in [0.29, 0.717) is 10.7 Å². The zero-order valence-corrected chi connectivity index (χ0v) is 10.4. The van der Waals surface area contributed by atoms with Gasteiger partial charge < -0.3 is 10.4 Å². The van der Waals surface area contributed by atoms with Gasteiger partial charge in [0.25, 0.3) is 0 Å². The molecule has 4 nitrogen and oxygen atoms in total. The normalized spacial score (nSPS) is 23.2. The third kappa shape index (κ3) is 2.38. The number of hydrogen-bond donors (Lipinski definition) is 2. The number of rotatable bonds is 2. The van der Waals surface area contributed by atoms with Gasteiger partial charge in [0.15, 0.2) is 5.78 Å². The Morgan fingerprint density at radius 3 is 2.72 bits per heavy atom. The lowest BCUT2D eigenvalue weighted by Gasteiger charge is -2.27. The molecule has 0 radical (unpaired) electrons. The summed E-state index contributed by atoms with van der Waals surface area (Å²) in [6, 6.07) is 6.60. The fraction of sp³-hybridized carbons (Fsp3) is 0.231. The van der Waals surface area contributed by atoms with Crippen molar-refractivity contribution in [3.05, 3.63) is 40.9 Å². The highest BCUT2D eigenvalue weighted by Crippen LogP contribution is 2.23. The standard InChI is InChI=1S/C13H12ClNO3/c1-7-12(13(17)18)11(16)6-10(15-7)8-3-2-4-9(14)5-8/h2-7,12,15H,1H3,(H,17,18). The lowest BCUT2D eigenvalue weighted by molar-refractivity contribution is -0.146. The first kappa shape index (κ1) is 12.6. The van der Waals surface area contributed by atoms with Crippen molar-refractivity contribution < 1.29 is 14.7 Å². The molecule has 0 bridgehead atoms. The van der Waals surface area contributed by atoms with Crippen molar-refractivity contribution in [2.24, 2.45) is 5.92 Å². The molecule has 0 spiro atoms. The molecular weight excluding hydrogens is 254 g/mol. The molecule has 1 aromatic rings. The van der Waals surface area contributed by atoms with Crippen LogP contribution in [0.15, 0.2) is 30.3 Å². The maximum absolute atomic E-state index is 11.8. The summed E-state index contributed by atoms with van der Waals surface area (Å²) in [5.41, 5.74) is 1.37. The van der Waals surface area contributed by atoms with Crippen LogP contribution in [0.25, 0.3) is 5.70 Å². The van der Waals surface area contributed by atoms with Crippen LogP contribution in [-0.4, -0.2) is 22.9 Å². The van der Waals surface area contributed by atoms with Crippen LogP contribution in [0.5, 0.6) is 0 Å². The van der Waals surface area contributed by atoms with Crippen LogP contribution in [0.3, 0.4) is 0 Å². The van der Waals surface area contributed by atoms with E-state index in [-0.39, 0.29) is 0 Å². The number of benzene rings is 1. The van der Waals surface area contributed by atoms with E-state index in [2.05, 4.69) is 5.32 Å². The Kier molecular flexibility index (Phi) is 3.39. The second-order valence-electron chi connectivity index (χ2n) is 4.22. The number of aliphatic carboxylic acids is 1. The van der Waals surface area contributed by atoms with Gasteiger partial charge in [-0.2, -0.15) is 0 Å². The van der Waals surface area contributed by atoms with Crippen LogP contribution in [0, 0.1) is 5.92 Å². The minimum absolute atomic E-state index is 0.399. The minimum Gasteiger partial charge on any atom is -0.481 e. The van der Waals surface area contributed by atoms with Gasteiger partial charge >= 0.3 is 5.97 Å². The third-order valence-electron chi connectivity index (χ3n) is 2.88. The molecule has 1 aromatic carbocycles. The average Bonchev–Trinajstić information content (AvgIpc) is 2.27. The molecule has 1 aliphatic heterocycles. The highest BCUT2D eigenvalue weighted by molar-refractivity contribution is 6.30. The van der Waals surface area contributed by atoms with E-state index in [9.17, 15) is 9.59 Å². The molecule has 2 unspecified atom stereocenters. The van der Waals surface area contributed by atoms with Crippen molar-refractivity contribution >= 4 is 29.1 Å². The number of hydrogen-bond acceptors (Lipinski definition) is 3. The van der Waals surface area contributed by atoms with E-state index in [0.717, 1.165) is 5.56 Å². The Balaban J connectivity index is 2.35. The summed E-state index contributed by atoms with van der Waals surface area (Å²) >= 11 is 5.88. The summed E-state index contributed by atoms with van der Waals surface area (Å²) in [6.45, 7) is 1.67. The number of nitrogens with one attached hydrogen (secondary N) is 1. The molecule has 94 valence electrons. The molecule has 0 aromatic heterocycles. The molecule has 2 N–H and O–H groups in total. The number of carbonyl (C=O) groups excluding carboxylic acids is 1. The van der Waals surface area contributed by atoms with Crippen molar-refractivity contribution in [2.75, 3.05) is 0 Å². The maximum atomic E-state index is 11.8. The van der Waals surface area contributed by atoms with Gasteiger partial charge in [0.2, 0.25) is 0 Å². The summed E-state index contributed by atoms with van der Waals surface area (Å²) in [4.78, 5) is 22.7. The van der Waals surface area contributed by atoms with Crippen LogP contribution in [0.4, 0.5) is 0 Å². The quantitative estimate of drug-likeness (QED) is 0.802. The van der Waals surface area contributed by atoms with Crippen molar-refractivity contribution in [1.29, 1.82) is 0 Å². The Bertz CT molecular complexity index is 539. The zero-order chi connectivity index (χ0) is 13.3. The van der Waals surface area contributed by atoms with E-state index in [1.165, 1.54) is 6.08 Å². The van der Waals surface area contributed by atoms with E-state index in [4.69, 9.17) is 16.7 Å². The summed E-state index contributed by atoms with van der Waals surface area (Å²) < 4.78 is 0. The fourth-order valence-corrected chi connectivity index (χ4v) is 2.20. The highest BCUT2D eigenvalue weighted by Gasteiger charge is 2.34. The summed E-state index contributed by atoms with van der Waals surface area (Å²) in [7, 11) is 0. The first-order valence-corrected chi connectivity index (χ1v) is 5.87. The second kappa shape index (κ2) is 4.82. The Hall–Kier alpha value is -1.81. The Labute approximate surface area is 109 Å². The van der Waals surface area contributed by atoms with Crippen molar-refractivity contribution in [3.63, 3.8) is 0 Å². The Morgan fingerprint density at radius 2 is 2.17 bits per heavy atom. The molecule has 18 heavy (non-hydrogen) atoms. The number of halogens is 1. The number of carbonyl (C=O) groups is 2. The lowest BCUT2D eigenvalue weighted by atomic mass is 9.90. The summed E-state index contributed by atoms with van der Waals surface area (Å²) in [5.74, 6) is -2.54. The lowest BCUT2D eigenvalue weighted by Crippen LogP contribution is -2.44. The smallest absolute Gasteiger partial charge is 0.316 e. The molecule has 0 saturated heterocycles. The number of allylic oxidation sites excluding steroid dienone is 1. The van der Waals surface area contributed by atoms with Gasteiger partial charge in [0.05, 0.1) is 0 Å². The van der Waals surface area contributed by atoms with Crippen molar-refractivity contribution in [3.8, 4) is 0 Å². The van der Waals surface area contributed by atoms with Crippen molar-refractivity contribution in [1.82, 2.24) is 5.32 Å². The molecule has 2 atom stereocenters. The molecule has 1 heterocycles. The van der Waals surface area contributed by atoms with Crippen LogP contribution >= 0.6 is 11.6 Å². The fourth-order valence-electron chi connectivity index (χ4n) is 2.01. The minimum atomic E-state index is -1.11. The van der Waals surface area contributed by atoms with E-state index in [1.54, 1.807) is 25.1 Å². The van der Waals surface area contributed by atoms with Crippen LogP contribution in [-0.2, 0) is 9.59 Å². The van der Waals surface area contributed by atoms with Gasteiger partial charge in [-0.15, -0.1) is 0 Å². The van der Waals surface area contributed by atoms with E-state index in [1.807, 2.05) is 6.07 Å². The molecule has 0 saturated carbocycles. The van der Waals surface area contributed by atoms with E-state index < -0.39 is 23.7 Å². The molecule has 2 rings (SSSR count). The largest absolute Gasteiger partial charge is 0.481 e. The van der Waals surface area contributed by atoms with Gasteiger partial charge in [-0.05, 0) is 24.6 Å². The van der Waals surface area contributed by atoms with Crippen LogP contribution in [0.2, 0.25) is 5.02 Å². The van der Waals surface area contributed by atoms with Gasteiger partial charge in [-0.3, -0.25) is 9.59 Å². The van der Waals surface area contributed by atoms with Gasteiger partial charge in [-0.1, -0.05) is 23.7 Å². The van der Waals surface area contributed by atoms with Crippen molar-refractivity contribution in [2.45, 2.75) is 13.0 Å². The zero-order valence-electron chi connectivity index (χ0n) is 9.68. The van der Waals surface area contributed by atoms with Gasteiger partial charge in [0.1, 0.15) is 5.92 Å². The maximum Gasteiger partial charge on any atom is 0.316 e. The van der Waals surface area contributed by atoms with Crippen LogP contribution in [0.1, 0.15) is 12.5 Å². The average molecular weight is 266 g/mol. The highest BCUT2D eigenvalue weighted by atomic mass is 35.5. The van der Waals surface area contributed by atoms with Gasteiger partial charge in [0, 0.05) is 22.8 Å². The SMILES string of the molecule is CC1NC(c2cccc(Cl)c2)=CC(=O)C1C(=O)O. The van der Waals surface area contributed by atoms with Gasteiger partial charge in [-0.25, -0.2) is 0 Å². The second-order valence-corrected chi connectivity index (χ2v) is 4.66. The summed E-state index contributed by atoms with van der Waals surface area (Å²) in [5, 5.41) is 12.6. The topological polar surface area (TPSA) is 66.4 Å². The summed E-state index contributed by atoms with van der Waals surface area (Å²) in [6.07, 6.45) is 1.32. The predicted octanol–water partition coefficient (Wildman–Crippen LogP) is 1.94. The first-order valence-electron chi connectivity index (χ1n) is 5.50. The molecule has 0 fully saturated rings. The predicted molar refractivity (Wildman–Crippen MR) is 68.2 cm³/mol. The monoisotopic (exact) mass is 265 g/mol. The molecule has 5 heteroatoms. The van der Waals surface area contributed by atoms with E-state index >= 15 is 0 Å². The Morgan fingerprint density at radius 1 is 1.44 bits per heavy atom. The molecular formula is C13H12ClNO3. The number of carboxylic acid groups (broad SMARTS) is 1. The number of ketones is 1. The first-order chi connectivity index (χ1) is 8.49. The molecule has 0 aliphatic carbocycles. The third-order valence-corrected chi connectivity index (χ3v) is 3.11. The molecule has 0 amide bonds. The molecule has 1 aliphatic rings. The van der Waals surface area contributed by atoms with Crippen LogP contribution < -0.4 is 5.32 Å².